The minimum absolute atomic E-state index is 0.00911. The number of nitrogens with one attached hydrogen (secondary N) is 1. The zero-order valence-corrected chi connectivity index (χ0v) is 14.9. The molecule has 1 aromatic carbocycles. The third-order valence-electron chi connectivity index (χ3n) is 5.45. The maximum Gasteiger partial charge on any atom is 0.251 e. The molecule has 1 aromatic heterocycles. The largest absolute Gasteiger partial charge is 0.345 e. The number of rotatable bonds is 4. The topological polar surface area (TPSA) is 45.2 Å². The molecule has 0 saturated carbocycles. The standard InChI is InChI=1S/C21H25N3O/c1-14(2)11-24-12-18-16-5-3-4-6-17(16)20(19(18)13-24)23-21(25)15-7-9-22-10-8-15/h3-10,14,18-20H,11-13H2,1-2H3,(H,23,25)/t18-,19-,20+/m0/s1. The molecule has 4 nitrogen and oxygen atoms in total. The minimum atomic E-state index is -0.00911. The molecule has 4 rings (SSSR count). The molecule has 3 atom stereocenters. The Balaban J connectivity index is 1.59. The average molecular weight is 335 g/mol. The molecule has 1 N–H and O–H groups in total. The molecule has 0 unspecified atom stereocenters. The van der Waals surface area contributed by atoms with Gasteiger partial charge >= 0.3 is 0 Å². The summed E-state index contributed by atoms with van der Waals surface area (Å²) in [7, 11) is 0. The molecule has 0 radical (unpaired) electrons. The van der Waals surface area contributed by atoms with Crippen LogP contribution in [0.5, 0.6) is 0 Å². The van der Waals surface area contributed by atoms with E-state index < -0.39 is 0 Å². The zero-order chi connectivity index (χ0) is 17.4. The molecule has 2 heterocycles. The highest BCUT2D eigenvalue weighted by atomic mass is 16.1. The van der Waals surface area contributed by atoms with Gasteiger partial charge in [-0.1, -0.05) is 38.1 Å². The Morgan fingerprint density at radius 2 is 1.88 bits per heavy atom. The van der Waals surface area contributed by atoms with E-state index in [1.54, 1.807) is 24.5 Å². The van der Waals surface area contributed by atoms with Crippen molar-refractivity contribution in [3.63, 3.8) is 0 Å². The van der Waals surface area contributed by atoms with Gasteiger partial charge in [-0.25, -0.2) is 0 Å². The van der Waals surface area contributed by atoms with Crippen LogP contribution >= 0.6 is 0 Å². The first kappa shape index (κ1) is 16.3. The van der Waals surface area contributed by atoms with Gasteiger partial charge in [-0.2, -0.15) is 0 Å². The Hall–Kier alpha value is -2.20. The van der Waals surface area contributed by atoms with Crippen molar-refractivity contribution in [2.24, 2.45) is 11.8 Å². The Labute approximate surface area is 149 Å². The van der Waals surface area contributed by atoms with E-state index in [1.807, 2.05) is 0 Å². The van der Waals surface area contributed by atoms with Crippen molar-refractivity contribution in [1.82, 2.24) is 15.2 Å². The van der Waals surface area contributed by atoms with Crippen molar-refractivity contribution < 1.29 is 4.79 Å². The van der Waals surface area contributed by atoms with Crippen molar-refractivity contribution in [3.05, 3.63) is 65.5 Å². The lowest BCUT2D eigenvalue weighted by molar-refractivity contribution is 0.0923. The van der Waals surface area contributed by atoms with E-state index >= 15 is 0 Å². The molecule has 1 aliphatic heterocycles. The first-order chi connectivity index (χ1) is 12.1. The highest BCUT2D eigenvalue weighted by Crippen LogP contribution is 2.49. The molecule has 2 aromatic rings. The summed E-state index contributed by atoms with van der Waals surface area (Å²) in [5.74, 6) is 1.64. The number of benzene rings is 1. The van der Waals surface area contributed by atoms with E-state index in [4.69, 9.17) is 0 Å². The van der Waals surface area contributed by atoms with Crippen molar-refractivity contribution >= 4 is 5.91 Å². The van der Waals surface area contributed by atoms with E-state index in [-0.39, 0.29) is 11.9 Å². The fraction of sp³-hybridized carbons (Fsp3) is 0.429. The van der Waals surface area contributed by atoms with Crippen LogP contribution < -0.4 is 5.32 Å². The van der Waals surface area contributed by atoms with Crippen LogP contribution in [0.2, 0.25) is 0 Å². The molecule has 130 valence electrons. The lowest BCUT2D eigenvalue weighted by atomic mass is 9.94. The van der Waals surface area contributed by atoms with Gasteiger partial charge in [-0.3, -0.25) is 9.78 Å². The van der Waals surface area contributed by atoms with Gasteiger partial charge in [0.2, 0.25) is 0 Å². The molecule has 25 heavy (non-hydrogen) atoms. The third kappa shape index (κ3) is 3.07. The van der Waals surface area contributed by atoms with Crippen molar-refractivity contribution in [3.8, 4) is 0 Å². The van der Waals surface area contributed by atoms with Gasteiger partial charge in [0.25, 0.3) is 5.91 Å². The van der Waals surface area contributed by atoms with Crippen LogP contribution in [0, 0.1) is 11.8 Å². The highest BCUT2D eigenvalue weighted by Gasteiger charge is 2.46. The Morgan fingerprint density at radius 3 is 2.60 bits per heavy atom. The third-order valence-corrected chi connectivity index (χ3v) is 5.45. The van der Waals surface area contributed by atoms with E-state index in [0.29, 0.717) is 23.3 Å². The molecule has 1 fully saturated rings. The van der Waals surface area contributed by atoms with Crippen molar-refractivity contribution in [2.45, 2.75) is 25.8 Å². The van der Waals surface area contributed by atoms with Crippen LogP contribution in [0.25, 0.3) is 0 Å². The smallest absolute Gasteiger partial charge is 0.251 e. The quantitative estimate of drug-likeness (QED) is 0.933. The lowest BCUT2D eigenvalue weighted by Crippen LogP contribution is -2.34. The second-order valence-electron chi connectivity index (χ2n) is 7.70. The van der Waals surface area contributed by atoms with Gasteiger partial charge < -0.3 is 10.2 Å². The van der Waals surface area contributed by atoms with Crippen LogP contribution in [-0.4, -0.2) is 35.4 Å². The molecular weight excluding hydrogens is 310 g/mol. The average Bonchev–Trinajstić information content (AvgIpc) is 3.13. The maximum absolute atomic E-state index is 12.7. The number of fused-ring (bicyclic) bond motifs is 3. The number of hydrogen-bond acceptors (Lipinski definition) is 3. The van der Waals surface area contributed by atoms with E-state index in [9.17, 15) is 4.79 Å². The number of carbonyl (C=O) groups excluding carboxylic acids is 1. The van der Waals surface area contributed by atoms with Crippen LogP contribution in [0.4, 0.5) is 0 Å². The summed E-state index contributed by atoms with van der Waals surface area (Å²) in [5, 5.41) is 3.30. The summed E-state index contributed by atoms with van der Waals surface area (Å²) in [6.45, 7) is 7.82. The summed E-state index contributed by atoms with van der Waals surface area (Å²) in [4.78, 5) is 19.3. The van der Waals surface area contributed by atoms with Crippen molar-refractivity contribution in [1.29, 1.82) is 0 Å². The molecule has 1 aliphatic carbocycles. The molecule has 0 bridgehead atoms. The normalized spacial score (nSPS) is 25.0. The highest BCUT2D eigenvalue weighted by molar-refractivity contribution is 5.94. The fourth-order valence-corrected chi connectivity index (χ4v) is 4.52. The predicted molar refractivity (Wildman–Crippen MR) is 98.4 cm³/mol. The van der Waals surface area contributed by atoms with E-state index in [2.05, 4.69) is 53.3 Å². The number of pyridine rings is 1. The summed E-state index contributed by atoms with van der Waals surface area (Å²) in [6.07, 6.45) is 3.33. The van der Waals surface area contributed by atoms with Gasteiger partial charge in [-0.15, -0.1) is 0 Å². The number of aromatic nitrogens is 1. The second kappa shape index (κ2) is 6.60. The van der Waals surface area contributed by atoms with Crippen LogP contribution in [0.15, 0.2) is 48.8 Å². The molecule has 1 amide bonds. The lowest BCUT2D eigenvalue weighted by Gasteiger charge is -2.24. The van der Waals surface area contributed by atoms with Gasteiger partial charge in [-0.05, 0) is 29.2 Å². The number of nitrogens with zero attached hydrogens (tertiary/aromatic N) is 2. The Kier molecular flexibility index (Phi) is 4.30. The first-order valence-electron chi connectivity index (χ1n) is 9.15. The summed E-state index contributed by atoms with van der Waals surface area (Å²) < 4.78 is 0. The number of carbonyl (C=O) groups is 1. The molecule has 1 saturated heterocycles. The van der Waals surface area contributed by atoms with Crippen LogP contribution in [0.1, 0.15) is 47.3 Å². The van der Waals surface area contributed by atoms with E-state index in [0.717, 1.165) is 19.6 Å². The van der Waals surface area contributed by atoms with Gasteiger partial charge in [0.1, 0.15) is 0 Å². The van der Waals surface area contributed by atoms with Gasteiger partial charge in [0, 0.05) is 49.4 Å². The number of amides is 1. The second-order valence-corrected chi connectivity index (χ2v) is 7.70. The summed E-state index contributed by atoms with van der Waals surface area (Å²) in [5.41, 5.74) is 3.39. The van der Waals surface area contributed by atoms with Gasteiger partial charge in [0.05, 0.1) is 6.04 Å². The first-order valence-corrected chi connectivity index (χ1v) is 9.15. The summed E-state index contributed by atoms with van der Waals surface area (Å²) >= 11 is 0. The van der Waals surface area contributed by atoms with Crippen molar-refractivity contribution in [2.75, 3.05) is 19.6 Å². The van der Waals surface area contributed by atoms with Crippen LogP contribution in [0.3, 0.4) is 0 Å². The SMILES string of the molecule is CC(C)CN1C[C@@H]2[C@H](NC(=O)c3ccncc3)c3ccccc3[C@@H]2C1. The fourth-order valence-electron chi connectivity index (χ4n) is 4.52. The van der Waals surface area contributed by atoms with Crippen LogP contribution in [-0.2, 0) is 0 Å². The monoisotopic (exact) mass is 335 g/mol. The zero-order valence-electron chi connectivity index (χ0n) is 14.9. The Bertz CT molecular complexity index is 759. The molecule has 4 heteroatoms. The number of likely N-dealkylation sites (tertiary alicyclic amines) is 1. The maximum atomic E-state index is 12.7. The predicted octanol–water partition coefficient (Wildman–Crippen LogP) is 3.24. The Morgan fingerprint density at radius 1 is 1.16 bits per heavy atom. The minimum Gasteiger partial charge on any atom is -0.345 e. The number of hydrogen-bond donors (Lipinski definition) is 1. The summed E-state index contributed by atoms with van der Waals surface area (Å²) in [6, 6.07) is 12.3. The van der Waals surface area contributed by atoms with Gasteiger partial charge in [0.15, 0.2) is 0 Å². The molecule has 2 aliphatic rings. The molecular formula is C21H25N3O. The molecule has 0 spiro atoms. The van der Waals surface area contributed by atoms with E-state index in [1.165, 1.54) is 11.1 Å².